The molecule has 17 heavy (non-hydrogen) atoms. The third-order valence-corrected chi connectivity index (χ3v) is 3.82. The fourth-order valence-electron chi connectivity index (χ4n) is 1.34. The first-order chi connectivity index (χ1) is 7.98. The maximum atomic E-state index is 11.2. The van der Waals surface area contributed by atoms with Crippen molar-refractivity contribution in [2.75, 3.05) is 19.9 Å². The fraction of sp³-hybridized carbons (Fsp3) is 0.583. The zero-order valence-electron chi connectivity index (χ0n) is 10.8. The molecule has 0 bridgehead atoms. The van der Waals surface area contributed by atoms with E-state index in [2.05, 4.69) is 35.1 Å². The van der Waals surface area contributed by atoms with Gasteiger partial charge < -0.3 is 15.0 Å². The quantitative estimate of drug-likeness (QED) is 0.765. The first-order valence-electron chi connectivity index (χ1n) is 5.50. The van der Waals surface area contributed by atoms with Crippen molar-refractivity contribution in [1.29, 1.82) is 0 Å². The summed E-state index contributed by atoms with van der Waals surface area (Å²) in [7, 11) is 1.38. The van der Waals surface area contributed by atoms with Crippen molar-refractivity contribution in [1.82, 2.24) is 10.3 Å². The van der Waals surface area contributed by atoms with Crippen LogP contribution in [0.2, 0.25) is 0 Å². The van der Waals surface area contributed by atoms with Gasteiger partial charge in [0.05, 0.1) is 7.11 Å². The van der Waals surface area contributed by atoms with Crippen molar-refractivity contribution in [3.05, 3.63) is 23.5 Å². The van der Waals surface area contributed by atoms with E-state index in [1.165, 1.54) is 7.11 Å². The SMILES string of the molecule is COC(=O)c1ccc(CNCC(C)(C)SC)[nH]1. The number of ether oxygens (including phenoxy) is 1. The van der Waals surface area contributed by atoms with Gasteiger partial charge in [-0.25, -0.2) is 4.79 Å². The van der Waals surface area contributed by atoms with E-state index in [-0.39, 0.29) is 10.7 Å². The number of carbonyl (C=O) groups excluding carboxylic acids is 1. The number of nitrogens with one attached hydrogen (secondary N) is 2. The van der Waals surface area contributed by atoms with Crippen LogP contribution >= 0.6 is 11.8 Å². The highest BCUT2D eigenvalue weighted by atomic mass is 32.2. The molecule has 0 atom stereocenters. The maximum Gasteiger partial charge on any atom is 0.354 e. The lowest BCUT2D eigenvalue weighted by Gasteiger charge is -2.22. The van der Waals surface area contributed by atoms with Crippen molar-refractivity contribution in [2.24, 2.45) is 0 Å². The summed E-state index contributed by atoms with van der Waals surface area (Å²) >= 11 is 1.83. The van der Waals surface area contributed by atoms with Gasteiger partial charge in [0.15, 0.2) is 0 Å². The van der Waals surface area contributed by atoms with E-state index >= 15 is 0 Å². The van der Waals surface area contributed by atoms with Crippen LogP contribution in [0.3, 0.4) is 0 Å². The Morgan fingerprint density at radius 3 is 2.82 bits per heavy atom. The first kappa shape index (κ1) is 14.1. The minimum absolute atomic E-state index is 0.220. The van der Waals surface area contributed by atoms with Crippen LogP contribution in [0.4, 0.5) is 0 Å². The predicted molar refractivity (Wildman–Crippen MR) is 71.4 cm³/mol. The van der Waals surface area contributed by atoms with Crippen LogP contribution in [0.25, 0.3) is 0 Å². The molecule has 0 aliphatic carbocycles. The molecule has 5 heteroatoms. The van der Waals surface area contributed by atoms with Crippen molar-refractivity contribution >= 4 is 17.7 Å². The van der Waals surface area contributed by atoms with Crippen molar-refractivity contribution in [2.45, 2.75) is 25.1 Å². The summed E-state index contributed by atoms with van der Waals surface area (Å²) in [5, 5.41) is 3.36. The van der Waals surface area contributed by atoms with E-state index in [4.69, 9.17) is 0 Å². The highest BCUT2D eigenvalue weighted by Crippen LogP contribution is 2.19. The van der Waals surface area contributed by atoms with Crippen LogP contribution < -0.4 is 5.32 Å². The zero-order chi connectivity index (χ0) is 12.9. The summed E-state index contributed by atoms with van der Waals surface area (Å²) in [6, 6.07) is 3.63. The van der Waals surface area contributed by atoms with Crippen LogP contribution in [0.5, 0.6) is 0 Å². The van der Waals surface area contributed by atoms with E-state index < -0.39 is 0 Å². The van der Waals surface area contributed by atoms with Crippen LogP contribution in [0, 0.1) is 0 Å². The number of hydrogen-bond donors (Lipinski definition) is 2. The van der Waals surface area contributed by atoms with E-state index in [9.17, 15) is 4.79 Å². The normalized spacial score (nSPS) is 11.5. The van der Waals surface area contributed by atoms with E-state index in [0.717, 1.165) is 18.8 Å². The van der Waals surface area contributed by atoms with E-state index in [1.807, 2.05) is 17.8 Å². The maximum absolute atomic E-state index is 11.2. The Morgan fingerprint density at radius 1 is 1.53 bits per heavy atom. The Labute approximate surface area is 107 Å². The largest absolute Gasteiger partial charge is 0.464 e. The molecule has 0 aromatic carbocycles. The van der Waals surface area contributed by atoms with E-state index in [1.54, 1.807) is 6.07 Å². The molecule has 96 valence electrons. The Hall–Kier alpha value is -0.940. The van der Waals surface area contributed by atoms with Gasteiger partial charge in [-0.15, -0.1) is 0 Å². The Kier molecular flexibility index (Phi) is 5.08. The number of esters is 1. The van der Waals surface area contributed by atoms with Gasteiger partial charge in [-0.05, 0) is 32.2 Å². The first-order valence-corrected chi connectivity index (χ1v) is 6.73. The van der Waals surface area contributed by atoms with E-state index in [0.29, 0.717) is 5.69 Å². The van der Waals surface area contributed by atoms with Crippen molar-refractivity contribution in [3.63, 3.8) is 0 Å². The van der Waals surface area contributed by atoms with Gasteiger partial charge in [0, 0.05) is 23.5 Å². The molecule has 0 aliphatic heterocycles. The Morgan fingerprint density at radius 2 is 2.24 bits per heavy atom. The molecule has 1 aromatic heterocycles. The number of aromatic amines is 1. The molecule has 1 aromatic rings. The molecule has 0 saturated heterocycles. The number of hydrogen-bond acceptors (Lipinski definition) is 4. The Balaban J connectivity index is 2.43. The number of H-pyrrole nitrogens is 1. The summed E-state index contributed by atoms with van der Waals surface area (Å²) in [4.78, 5) is 14.3. The minimum atomic E-state index is -0.333. The molecule has 4 nitrogen and oxygen atoms in total. The van der Waals surface area contributed by atoms with Crippen LogP contribution in [0.15, 0.2) is 12.1 Å². The highest BCUT2D eigenvalue weighted by Gasteiger charge is 2.15. The van der Waals surface area contributed by atoms with Crippen molar-refractivity contribution in [3.8, 4) is 0 Å². The molecule has 0 aliphatic rings. The summed E-state index contributed by atoms with van der Waals surface area (Å²) in [5.41, 5.74) is 1.48. The van der Waals surface area contributed by atoms with Gasteiger partial charge in [-0.1, -0.05) is 0 Å². The van der Waals surface area contributed by atoms with Gasteiger partial charge in [-0.2, -0.15) is 11.8 Å². The van der Waals surface area contributed by atoms with Crippen LogP contribution in [-0.4, -0.2) is 35.6 Å². The molecule has 0 radical (unpaired) electrons. The second kappa shape index (κ2) is 6.12. The topological polar surface area (TPSA) is 54.1 Å². The average molecular weight is 256 g/mol. The number of rotatable bonds is 6. The van der Waals surface area contributed by atoms with Gasteiger partial charge >= 0.3 is 5.97 Å². The molecule has 0 spiro atoms. The molecule has 2 N–H and O–H groups in total. The summed E-state index contributed by atoms with van der Waals surface area (Å²) in [5.74, 6) is -0.333. The lowest BCUT2D eigenvalue weighted by Crippen LogP contribution is -2.31. The third kappa shape index (κ3) is 4.44. The second-order valence-corrected chi connectivity index (χ2v) is 5.97. The van der Waals surface area contributed by atoms with Crippen molar-refractivity contribution < 1.29 is 9.53 Å². The smallest absolute Gasteiger partial charge is 0.354 e. The number of methoxy groups -OCH3 is 1. The molecule has 0 amide bonds. The van der Waals surface area contributed by atoms with Crippen LogP contribution in [0.1, 0.15) is 30.0 Å². The van der Waals surface area contributed by atoms with Gasteiger partial charge in [0.25, 0.3) is 0 Å². The number of carbonyl (C=O) groups is 1. The lowest BCUT2D eigenvalue weighted by atomic mass is 10.2. The minimum Gasteiger partial charge on any atom is -0.464 e. The van der Waals surface area contributed by atoms with Gasteiger partial charge in [-0.3, -0.25) is 0 Å². The molecule has 1 heterocycles. The van der Waals surface area contributed by atoms with Crippen LogP contribution in [-0.2, 0) is 11.3 Å². The van der Waals surface area contributed by atoms with Gasteiger partial charge in [0.1, 0.15) is 5.69 Å². The fourth-order valence-corrected chi connectivity index (χ4v) is 1.59. The van der Waals surface area contributed by atoms with Gasteiger partial charge in [0.2, 0.25) is 0 Å². The zero-order valence-corrected chi connectivity index (χ0v) is 11.6. The monoisotopic (exact) mass is 256 g/mol. The molecular weight excluding hydrogens is 236 g/mol. The standard InChI is InChI=1S/C12H20N2O2S/c1-12(2,17-4)8-13-7-9-5-6-10(14-9)11(15)16-3/h5-6,13-14H,7-8H2,1-4H3. The number of thioether (sulfide) groups is 1. The number of aromatic nitrogens is 1. The molecule has 0 unspecified atom stereocenters. The molecule has 0 saturated carbocycles. The summed E-state index contributed by atoms with van der Waals surface area (Å²) in [6.07, 6.45) is 2.10. The third-order valence-electron chi connectivity index (χ3n) is 2.57. The average Bonchev–Trinajstić information content (AvgIpc) is 2.76. The lowest BCUT2D eigenvalue weighted by molar-refractivity contribution is 0.0594. The predicted octanol–water partition coefficient (Wildman–Crippen LogP) is 2.03. The summed E-state index contributed by atoms with van der Waals surface area (Å²) < 4.78 is 4.85. The molecule has 0 fully saturated rings. The second-order valence-electron chi connectivity index (χ2n) is 4.46. The highest BCUT2D eigenvalue weighted by molar-refractivity contribution is 7.99. The molecular formula is C12H20N2O2S. The summed E-state index contributed by atoms with van der Waals surface area (Å²) in [6.45, 7) is 6.03. The Bertz CT molecular complexity index is 374. The molecule has 1 rings (SSSR count).